The lowest BCUT2D eigenvalue weighted by atomic mass is 9.98. The summed E-state index contributed by atoms with van der Waals surface area (Å²) in [6.07, 6.45) is 5.54. The Morgan fingerprint density at radius 3 is 2.13 bits per heavy atom. The number of nitrogens with zero attached hydrogens (tertiary/aromatic N) is 7. The van der Waals surface area contributed by atoms with Crippen molar-refractivity contribution in [3.8, 4) is 0 Å². The molecule has 7 N–H and O–H groups in total. The van der Waals surface area contributed by atoms with E-state index in [2.05, 4.69) is 31.6 Å². The zero-order valence-electron chi connectivity index (χ0n) is 45.1. The summed E-state index contributed by atoms with van der Waals surface area (Å²) in [5, 5.41) is 29.5. The van der Waals surface area contributed by atoms with E-state index in [-0.39, 0.29) is 146 Å². The zero-order chi connectivity index (χ0) is 55.2. The number of likely N-dealkylation sites (tertiary alicyclic amines) is 1. The maximum absolute atomic E-state index is 15.4. The Balaban J connectivity index is 0.00000547. The van der Waals surface area contributed by atoms with Crippen LogP contribution in [0.4, 0.5) is 25.4 Å². The fraction of sp³-hybridized carbons (Fsp3) is 0.519. The van der Waals surface area contributed by atoms with Crippen molar-refractivity contribution >= 4 is 110 Å². The Bertz CT molecular complexity index is 2830. The molecule has 6 rings (SSSR count). The molecular formula is C52H75FN12O11S3. The van der Waals surface area contributed by atoms with Gasteiger partial charge >= 0.3 is 18.1 Å². The summed E-state index contributed by atoms with van der Waals surface area (Å²) in [6, 6.07) is 6.12. The SMILES string of the molecule is CCn1cc(C(=O)O)c(=O)c2cc(F)c(N3CCN(C(=O)OCc4ccc(NC(=O)[C@H](CCCNC(N)=O)n5cc([C@@H](NC(=O)[C@H](CC(C)C)NC(=O)CCCCCN6C(=O)CCC6=O)C(C)C)nn5)cc4)CC3)cc21.S.S.S. The van der Waals surface area contributed by atoms with Crippen molar-refractivity contribution in [1.29, 1.82) is 0 Å². The lowest BCUT2D eigenvalue weighted by Crippen LogP contribution is -2.49. The van der Waals surface area contributed by atoms with Gasteiger partial charge in [-0.1, -0.05) is 51.5 Å². The van der Waals surface area contributed by atoms with Crippen LogP contribution >= 0.6 is 40.5 Å². The second kappa shape index (κ2) is 31.1. The van der Waals surface area contributed by atoms with Gasteiger partial charge in [0.15, 0.2) is 0 Å². The number of carbonyl (C=O) groups is 8. The molecule has 2 saturated heterocycles. The molecule has 2 aliphatic heterocycles. The number of fused-ring (bicyclic) bond motifs is 1. The van der Waals surface area contributed by atoms with E-state index in [4.69, 9.17) is 10.5 Å². The smallest absolute Gasteiger partial charge is 0.410 e. The number of aromatic carboxylic acids is 1. The molecule has 0 unspecified atom stereocenters. The highest BCUT2D eigenvalue weighted by Gasteiger charge is 2.32. The first-order valence-corrected chi connectivity index (χ1v) is 25.8. The van der Waals surface area contributed by atoms with Crippen molar-refractivity contribution in [3.63, 3.8) is 0 Å². The molecule has 2 aromatic carbocycles. The van der Waals surface area contributed by atoms with Crippen LogP contribution in [0.25, 0.3) is 10.9 Å². The summed E-state index contributed by atoms with van der Waals surface area (Å²) in [5.41, 5.74) is 6.12. The number of nitrogens with two attached hydrogens (primary N) is 1. The second-order valence-electron chi connectivity index (χ2n) is 19.8. The molecular weight excluding hydrogens is 1080 g/mol. The number of unbranched alkanes of at least 4 members (excludes halogenated alkanes) is 2. The Morgan fingerprint density at radius 1 is 0.848 bits per heavy atom. The van der Waals surface area contributed by atoms with Gasteiger partial charge in [-0.25, -0.2) is 23.5 Å². The van der Waals surface area contributed by atoms with E-state index < -0.39 is 64.8 Å². The van der Waals surface area contributed by atoms with Gasteiger partial charge in [0, 0.05) is 82.3 Å². The summed E-state index contributed by atoms with van der Waals surface area (Å²) in [6.45, 7) is 11.2. The van der Waals surface area contributed by atoms with Crippen molar-refractivity contribution in [2.45, 2.75) is 124 Å². The molecule has 4 aromatic rings. The first kappa shape index (κ1) is 66.4. The molecule has 4 heterocycles. The minimum Gasteiger partial charge on any atom is -0.477 e. The van der Waals surface area contributed by atoms with Crippen molar-refractivity contribution in [3.05, 3.63) is 81.7 Å². The summed E-state index contributed by atoms with van der Waals surface area (Å²) < 4.78 is 24.0. The quantitative estimate of drug-likeness (QED) is 0.0379. The predicted octanol–water partition coefficient (Wildman–Crippen LogP) is 4.93. The Hall–Kier alpha value is -6.87. The largest absolute Gasteiger partial charge is 0.477 e. The number of nitrogens with one attached hydrogen (secondary N) is 4. The third kappa shape index (κ3) is 18.1. The number of aromatic nitrogens is 4. The van der Waals surface area contributed by atoms with Gasteiger partial charge in [0.1, 0.15) is 35.8 Å². The highest BCUT2D eigenvalue weighted by Crippen LogP contribution is 2.28. The number of piperazine rings is 1. The zero-order valence-corrected chi connectivity index (χ0v) is 48.1. The van der Waals surface area contributed by atoms with E-state index in [0.717, 1.165) is 6.07 Å². The molecule has 27 heteroatoms. The number of amides is 8. The molecule has 0 radical (unpaired) electrons. The van der Waals surface area contributed by atoms with Gasteiger partial charge in [-0.3, -0.25) is 33.7 Å². The fourth-order valence-corrected chi connectivity index (χ4v) is 9.22. The van der Waals surface area contributed by atoms with Crippen LogP contribution in [0.15, 0.2) is 53.6 Å². The maximum Gasteiger partial charge on any atom is 0.410 e. The number of halogens is 1. The number of urea groups is 1. The Labute approximate surface area is 478 Å². The first-order chi connectivity index (χ1) is 36.2. The molecule has 2 aliphatic rings. The van der Waals surface area contributed by atoms with Crippen LogP contribution in [0.5, 0.6) is 0 Å². The minimum atomic E-state index is -1.39. The van der Waals surface area contributed by atoms with Crippen molar-refractivity contribution in [2.24, 2.45) is 17.6 Å². The summed E-state index contributed by atoms with van der Waals surface area (Å²) >= 11 is 0. The van der Waals surface area contributed by atoms with Gasteiger partial charge in [0.25, 0.3) is 0 Å². The Kier molecular flexibility index (Phi) is 26.1. The average molecular weight is 1160 g/mol. The van der Waals surface area contributed by atoms with Crippen LogP contribution < -0.4 is 37.3 Å². The van der Waals surface area contributed by atoms with E-state index >= 15 is 4.39 Å². The number of hydrogen-bond acceptors (Lipinski definition) is 13. The number of benzene rings is 2. The molecule has 3 atom stereocenters. The van der Waals surface area contributed by atoms with Gasteiger partial charge in [0.05, 0.1) is 23.4 Å². The van der Waals surface area contributed by atoms with Crippen molar-refractivity contribution in [2.75, 3.05) is 49.5 Å². The number of imide groups is 1. The Morgan fingerprint density at radius 2 is 1.52 bits per heavy atom. The van der Waals surface area contributed by atoms with Crippen LogP contribution in [0.3, 0.4) is 0 Å². The van der Waals surface area contributed by atoms with E-state index in [1.54, 1.807) is 46.9 Å². The number of pyridine rings is 1. The van der Waals surface area contributed by atoms with Gasteiger partial charge in [-0.05, 0) is 80.7 Å². The molecule has 434 valence electrons. The molecule has 2 aromatic heterocycles. The lowest BCUT2D eigenvalue weighted by Gasteiger charge is -2.35. The molecule has 2 fully saturated rings. The molecule has 0 aliphatic carbocycles. The summed E-state index contributed by atoms with van der Waals surface area (Å²) in [5.74, 6) is -3.70. The third-order valence-electron chi connectivity index (χ3n) is 13.4. The molecule has 79 heavy (non-hydrogen) atoms. The monoisotopic (exact) mass is 1160 g/mol. The predicted molar refractivity (Wildman–Crippen MR) is 308 cm³/mol. The minimum absolute atomic E-state index is 0. The molecule has 0 bridgehead atoms. The molecule has 0 saturated carbocycles. The fourth-order valence-electron chi connectivity index (χ4n) is 9.22. The number of rotatable bonds is 25. The third-order valence-corrected chi connectivity index (χ3v) is 13.4. The van der Waals surface area contributed by atoms with E-state index in [0.29, 0.717) is 67.7 Å². The van der Waals surface area contributed by atoms with Gasteiger partial charge < -0.3 is 51.2 Å². The molecule has 0 spiro atoms. The standard InChI is InChI=1S/C52H69FN12O11.3H2S/c1-6-61-28-36(50(72)73)47(69)35-26-37(53)42(27-41(35)61)62-21-23-63(24-22-62)52(75)76-30-33-13-15-34(16-14-33)56-49(71)40(11-10-19-55-51(54)74)65-29-39(59-60-65)46(32(4)5)58-48(70)38(25-31(2)3)57-43(66)12-8-7-9-20-64-44(67)17-18-45(64)68;;;/h13-16,26-29,31-32,38,40,46H,6-12,17-25,30H2,1-5H3,(H,56,71)(H,57,66)(H,58,70)(H,72,73)(H3,54,55,74);3*1H2/t38-,40-,46-;;;/m0.../s1. The molecule has 23 nitrogen and oxygen atoms in total. The summed E-state index contributed by atoms with van der Waals surface area (Å²) in [7, 11) is 0. The highest BCUT2D eigenvalue weighted by molar-refractivity contribution is 7.59. The van der Waals surface area contributed by atoms with E-state index in [1.165, 1.54) is 26.7 Å². The van der Waals surface area contributed by atoms with Crippen LogP contribution in [0, 0.1) is 17.7 Å². The van der Waals surface area contributed by atoms with E-state index in [1.807, 2.05) is 27.7 Å². The van der Waals surface area contributed by atoms with Crippen LogP contribution in [-0.2, 0) is 41.9 Å². The van der Waals surface area contributed by atoms with Gasteiger partial charge in [-0.15, -0.1) is 5.10 Å². The maximum atomic E-state index is 15.4. The number of primary amides is 1. The van der Waals surface area contributed by atoms with Gasteiger partial charge in [-0.2, -0.15) is 40.5 Å². The van der Waals surface area contributed by atoms with Crippen LogP contribution in [0.1, 0.15) is 126 Å². The average Bonchev–Trinajstić information content (AvgIpc) is 4.06. The first-order valence-electron chi connectivity index (χ1n) is 25.8. The van der Waals surface area contributed by atoms with Crippen LogP contribution in [0.2, 0.25) is 0 Å². The molecule has 8 amide bonds. The van der Waals surface area contributed by atoms with Crippen molar-refractivity contribution < 1.29 is 52.6 Å². The lowest BCUT2D eigenvalue weighted by molar-refractivity contribution is -0.138. The number of hydrogen-bond donors (Lipinski definition) is 6. The number of carbonyl (C=O) groups excluding carboxylic acids is 7. The number of aryl methyl sites for hydroxylation is 1. The van der Waals surface area contributed by atoms with Crippen molar-refractivity contribution in [1.82, 2.24) is 45.3 Å². The topological polar surface area (TPSA) is 303 Å². The normalized spacial score (nSPS) is 14.4. The van der Waals surface area contributed by atoms with Crippen LogP contribution in [-0.4, -0.2) is 127 Å². The van der Waals surface area contributed by atoms with E-state index in [9.17, 15) is 48.3 Å². The van der Waals surface area contributed by atoms with Gasteiger partial charge in [0.2, 0.25) is 35.0 Å². The number of anilines is 2. The number of carboxylic acids is 1. The number of carboxylic acid groups (broad SMARTS) is 1. The second-order valence-corrected chi connectivity index (χ2v) is 19.8. The summed E-state index contributed by atoms with van der Waals surface area (Å²) in [4.78, 5) is 118. The highest BCUT2D eigenvalue weighted by atomic mass is 32.1. The number of ether oxygens (including phenoxy) is 1.